The molecule has 0 aliphatic heterocycles. The van der Waals surface area contributed by atoms with Gasteiger partial charge in [0, 0.05) is 5.69 Å². The Bertz CT molecular complexity index is 712. The van der Waals surface area contributed by atoms with Gasteiger partial charge in [0.2, 0.25) is 0 Å². The van der Waals surface area contributed by atoms with Crippen LogP contribution in [0, 0.1) is 27.7 Å². The van der Waals surface area contributed by atoms with Crippen LogP contribution in [0.2, 0.25) is 0 Å². The van der Waals surface area contributed by atoms with Gasteiger partial charge < -0.3 is 10.3 Å². The number of aromatic nitrogens is 2. The minimum absolute atomic E-state index is 0.0539. The van der Waals surface area contributed by atoms with Gasteiger partial charge in [-0.1, -0.05) is 18.2 Å². The number of amides is 1. The van der Waals surface area contributed by atoms with E-state index in [2.05, 4.69) is 15.3 Å². The van der Waals surface area contributed by atoms with Crippen molar-refractivity contribution in [2.24, 2.45) is 0 Å². The van der Waals surface area contributed by atoms with Gasteiger partial charge in [0.05, 0.1) is 5.69 Å². The topological polar surface area (TPSA) is 74.8 Å². The van der Waals surface area contributed by atoms with Crippen molar-refractivity contribution in [1.82, 2.24) is 9.97 Å². The van der Waals surface area contributed by atoms with Gasteiger partial charge in [-0.05, 0) is 38.8 Å². The molecule has 0 saturated heterocycles. The fourth-order valence-corrected chi connectivity index (χ4v) is 2.18. The molecule has 0 fully saturated rings. The first-order chi connectivity index (χ1) is 9.40. The Morgan fingerprint density at radius 3 is 2.30 bits per heavy atom. The average Bonchev–Trinajstić information content (AvgIpc) is 2.32. The molecule has 1 amide bonds. The maximum atomic E-state index is 12.3. The molecule has 104 valence electrons. The molecule has 5 heteroatoms. The second-order valence-electron chi connectivity index (χ2n) is 4.83. The first-order valence-corrected chi connectivity index (χ1v) is 6.35. The fraction of sp³-hybridized carbons (Fsp3) is 0.267. The van der Waals surface area contributed by atoms with Crippen LogP contribution in [-0.4, -0.2) is 15.9 Å². The highest BCUT2D eigenvalue weighted by atomic mass is 16.2. The lowest BCUT2D eigenvalue weighted by Gasteiger charge is -2.12. The summed E-state index contributed by atoms with van der Waals surface area (Å²) in [5.41, 5.74) is 2.70. The van der Waals surface area contributed by atoms with Gasteiger partial charge in [-0.15, -0.1) is 0 Å². The van der Waals surface area contributed by atoms with Crippen LogP contribution in [0.25, 0.3) is 0 Å². The number of aromatic amines is 1. The zero-order valence-corrected chi connectivity index (χ0v) is 12.0. The van der Waals surface area contributed by atoms with Crippen LogP contribution in [0.5, 0.6) is 0 Å². The number of aryl methyl sites for hydroxylation is 4. The molecule has 0 radical (unpaired) electrons. The second kappa shape index (κ2) is 5.28. The smallest absolute Gasteiger partial charge is 0.264 e. The monoisotopic (exact) mass is 271 g/mol. The molecule has 0 atom stereocenters. The lowest BCUT2D eigenvalue weighted by molar-refractivity contribution is 0.102. The number of carbonyl (C=O) groups excluding carboxylic acids is 1. The fourth-order valence-electron chi connectivity index (χ4n) is 2.18. The largest absolute Gasteiger partial charge is 0.321 e. The lowest BCUT2D eigenvalue weighted by Crippen LogP contribution is -2.27. The molecule has 2 aromatic rings. The van der Waals surface area contributed by atoms with Crippen molar-refractivity contribution in [1.29, 1.82) is 0 Å². The van der Waals surface area contributed by atoms with Gasteiger partial charge in [0.1, 0.15) is 11.4 Å². The third-order valence-corrected chi connectivity index (χ3v) is 3.17. The zero-order chi connectivity index (χ0) is 14.9. The first kappa shape index (κ1) is 14.0. The van der Waals surface area contributed by atoms with Crippen molar-refractivity contribution < 1.29 is 4.79 Å². The highest BCUT2D eigenvalue weighted by Gasteiger charge is 2.17. The maximum absolute atomic E-state index is 12.3. The Morgan fingerprint density at radius 1 is 1.15 bits per heavy atom. The zero-order valence-electron chi connectivity index (χ0n) is 12.0. The number of para-hydroxylation sites is 1. The summed E-state index contributed by atoms with van der Waals surface area (Å²) in [6.07, 6.45) is 0. The Balaban J connectivity index is 2.42. The van der Waals surface area contributed by atoms with E-state index >= 15 is 0 Å². The number of nitrogens with zero attached hydrogens (tertiary/aromatic N) is 1. The molecular weight excluding hydrogens is 254 g/mol. The number of hydrogen-bond acceptors (Lipinski definition) is 3. The number of anilines is 1. The van der Waals surface area contributed by atoms with Crippen LogP contribution in [-0.2, 0) is 0 Å². The summed E-state index contributed by atoms with van der Waals surface area (Å²) in [5.74, 6) is 0.0600. The normalized spacial score (nSPS) is 10.4. The van der Waals surface area contributed by atoms with E-state index in [9.17, 15) is 9.59 Å². The molecule has 1 aromatic carbocycles. The van der Waals surface area contributed by atoms with Crippen molar-refractivity contribution in [3.63, 3.8) is 0 Å². The van der Waals surface area contributed by atoms with Crippen molar-refractivity contribution in [3.05, 3.63) is 56.8 Å². The van der Waals surface area contributed by atoms with Crippen molar-refractivity contribution in [3.8, 4) is 0 Å². The van der Waals surface area contributed by atoms with E-state index in [4.69, 9.17) is 0 Å². The van der Waals surface area contributed by atoms with E-state index in [1.54, 1.807) is 13.8 Å². The van der Waals surface area contributed by atoms with E-state index in [1.807, 2.05) is 32.0 Å². The predicted octanol–water partition coefficient (Wildman–Crippen LogP) is 2.26. The standard InChI is InChI=1S/C15H17N3O2/c1-8-6-5-7-9(2)13(8)18-15(20)12-10(3)16-11(4)17-14(12)19/h5-7H,1-4H3,(H,18,20)(H,16,17,19). The van der Waals surface area contributed by atoms with E-state index < -0.39 is 11.5 Å². The third-order valence-electron chi connectivity index (χ3n) is 3.17. The van der Waals surface area contributed by atoms with Crippen LogP contribution in [0.15, 0.2) is 23.0 Å². The molecule has 2 rings (SSSR count). The molecule has 0 unspecified atom stereocenters. The van der Waals surface area contributed by atoms with Crippen LogP contribution >= 0.6 is 0 Å². The van der Waals surface area contributed by atoms with Gasteiger partial charge in [-0.3, -0.25) is 9.59 Å². The van der Waals surface area contributed by atoms with E-state index in [-0.39, 0.29) is 5.56 Å². The van der Waals surface area contributed by atoms with Gasteiger partial charge in [-0.25, -0.2) is 4.98 Å². The van der Waals surface area contributed by atoms with Crippen molar-refractivity contribution in [2.45, 2.75) is 27.7 Å². The number of H-pyrrole nitrogens is 1. The number of carbonyl (C=O) groups is 1. The minimum atomic E-state index is -0.436. The van der Waals surface area contributed by atoms with E-state index in [0.29, 0.717) is 11.5 Å². The summed E-state index contributed by atoms with van der Waals surface area (Å²) in [5, 5.41) is 2.80. The van der Waals surface area contributed by atoms with Crippen LogP contribution in [0.1, 0.15) is 33.0 Å². The van der Waals surface area contributed by atoms with Gasteiger partial charge in [0.15, 0.2) is 0 Å². The molecule has 1 heterocycles. The first-order valence-electron chi connectivity index (χ1n) is 6.35. The van der Waals surface area contributed by atoms with Gasteiger partial charge in [0.25, 0.3) is 11.5 Å². The van der Waals surface area contributed by atoms with Crippen LogP contribution in [0.3, 0.4) is 0 Å². The van der Waals surface area contributed by atoms with Gasteiger partial charge in [-0.2, -0.15) is 0 Å². The highest BCUT2D eigenvalue weighted by molar-refractivity contribution is 6.05. The highest BCUT2D eigenvalue weighted by Crippen LogP contribution is 2.20. The molecule has 0 spiro atoms. The quantitative estimate of drug-likeness (QED) is 0.879. The van der Waals surface area contributed by atoms with Gasteiger partial charge >= 0.3 is 0 Å². The molecule has 5 nitrogen and oxygen atoms in total. The van der Waals surface area contributed by atoms with Crippen molar-refractivity contribution in [2.75, 3.05) is 5.32 Å². The van der Waals surface area contributed by atoms with Crippen LogP contribution < -0.4 is 10.9 Å². The third kappa shape index (κ3) is 2.61. The molecule has 0 saturated carbocycles. The molecule has 2 N–H and O–H groups in total. The summed E-state index contributed by atoms with van der Waals surface area (Å²) in [6.45, 7) is 7.16. The molecule has 0 aliphatic rings. The molecule has 0 aliphatic carbocycles. The van der Waals surface area contributed by atoms with E-state index in [0.717, 1.165) is 16.8 Å². The average molecular weight is 271 g/mol. The Hall–Kier alpha value is -2.43. The number of hydrogen-bond donors (Lipinski definition) is 2. The second-order valence-corrected chi connectivity index (χ2v) is 4.83. The summed E-state index contributed by atoms with van der Waals surface area (Å²) in [6, 6.07) is 5.74. The SMILES string of the molecule is Cc1nc(C)c(C(=O)Nc2c(C)cccc2C)c(=O)[nH]1. The summed E-state index contributed by atoms with van der Waals surface area (Å²) >= 11 is 0. The molecular formula is C15H17N3O2. The lowest BCUT2D eigenvalue weighted by atomic mass is 10.1. The number of nitrogens with one attached hydrogen (secondary N) is 2. The summed E-state index contributed by atoms with van der Waals surface area (Å²) in [4.78, 5) is 30.9. The molecule has 0 bridgehead atoms. The summed E-state index contributed by atoms with van der Waals surface area (Å²) < 4.78 is 0. The Kier molecular flexibility index (Phi) is 3.70. The van der Waals surface area contributed by atoms with Crippen molar-refractivity contribution >= 4 is 11.6 Å². The number of benzene rings is 1. The molecule has 20 heavy (non-hydrogen) atoms. The maximum Gasteiger partial charge on any atom is 0.264 e. The summed E-state index contributed by atoms with van der Waals surface area (Å²) in [7, 11) is 0. The number of rotatable bonds is 2. The molecule has 1 aromatic heterocycles. The minimum Gasteiger partial charge on any atom is -0.321 e. The Labute approximate surface area is 117 Å². The van der Waals surface area contributed by atoms with E-state index in [1.165, 1.54) is 0 Å². The Morgan fingerprint density at radius 2 is 1.75 bits per heavy atom. The predicted molar refractivity (Wildman–Crippen MR) is 78.2 cm³/mol. The van der Waals surface area contributed by atoms with Crippen LogP contribution in [0.4, 0.5) is 5.69 Å².